The number of phenolic OH excluding ortho intramolecular Hbond substituents is 1. The van der Waals surface area contributed by atoms with Crippen LogP contribution in [-0.2, 0) is 0 Å². The Hall–Kier alpha value is -3.90. The molecule has 0 bridgehead atoms. The number of halogens is 1. The number of phenols is 1. The lowest BCUT2D eigenvalue weighted by Gasteiger charge is -2.08. The largest absolute Gasteiger partial charge is 0.504 e. The fourth-order valence-corrected chi connectivity index (χ4v) is 3.09. The van der Waals surface area contributed by atoms with Crippen LogP contribution in [0.4, 0.5) is 5.95 Å². The molecule has 154 valence electrons. The third-order valence-corrected chi connectivity index (χ3v) is 4.77. The molecule has 3 aromatic carbocycles. The lowest BCUT2D eigenvalue weighted by molar-refractivity contribution is 0.373. The molecule has 31 heavy (non-hydrogen) atoms. The Bertz CT molecular complexity index is 1210. The van der Waals surface area contributed by atoms with Crippen LogP contribution in [0.15, 0.2) is 84.0 Å². The second kappa shape index (κ2) is 9.28. The average Bonchev–Trinajstić information content (AvgIpc) is 2.81. The summed E-state index contributed by atoms with van der Waals surface area (Å²) in [6.45, 7) is 0. The number of hydrogen-bond acceptors (Lipinski definition) is 6. The first-order valence-corrected chi connectivity index (χ1v) is 9.87. The standard InChI is InChI=1S/C24H19ClN4O2/c1-31-23-13-16(7-12-22(23)30)15-26-29-24-27-20(17-5-3-2-4-6-17)14-21(28-24)18-8-10-19(25)11-9-18/h2-15,30H,1H3,(H,27,28,29). The van der Waals surface area contributed by atoms with Gasteiger partial charge in [-0.1, -0.05) is 54.1 Å². The highest BCUT2D eigenvalue weighted by atomic mass is 35.5. The molecule has 0 atom stereocenters. The first-order chi connectivity index (χ1) is 15.1. The van der Waals surface area contributed by atoms with Gasteiger partial charge in [-0.15, -0.1) is 0 Å². The van der Waals surface area contributed by atoms with Gasteiger partial charge in [0, 0.05) is 16.1 Å². The third kappa shape index (κ3) is 4.99. The lowest BCUT2D eigenvalue weighted by atomic mass is 10.1. The average molecular weight is 431 g/mol. The number of nitrogens with zero attached hydrogens (tertiary/aromatic N) is 3. The molecule has 7 heteroatoms. The van der Waals surface area contributed by atoms with Crippen LogP contribution in [0.25, 0.3) is 22.5 Å². The molecule has 0 saturated carbocycles. The summed E-state index contributed by atoms with van der Waals surface area (Å²) in [7, 11) is 1.50. The number of aromatic nitrogens is 2. The molecule has 0 aliphatic carbocycles. The van der Waals surface area contributed by atoms with Gasteiger partial charge in [0.05, 0.1) is 24.7 Å². The maximum absolute atomic E-state index is 9.72. The number of hydrazone groups is 1. The van der Waals surface area contributed by atoms with E-state index in [9.17, 15) is 5.11 Å². The van der Waals surface area contributed by atoms with Crippen LogP contribution < -0.4 is 10.2 Å². The second-order valence-electron chi connectivity index (χ2n) is 6.64. The number of anilines is 1. The first-order valence-electron chi connectivity index (χ1n) is 9.49. The molecule has 0 amide bonds. The Morgan fingerprint density at radius 1 is 0.903 bits per heavy atom. The Kier molecular flexibility index (Phi) is 6.10. The molecule has 0 aliphatic rings. The van der Waals surface area contributed by atoms with Crippen molar-refractivity contribution in [3.63, 3.8) is 0 Å². The Balaban J connectivity index is 1.66. The molecule has 4 aromatic rings. The molecule has 0 spiro atoms. The van der Waals surface area contributed by atoms with Crippen molar-refractivity contribution < 1.29 is 9.84 Å². The summed E-state index contributed by atoms with van der Waals surface area (Å²) < 4.78 is 5.12. The SMILES string of the molecule is COc1cc(C=NNc2nc(-c3ccccc3)cc(-c3ccc(Cl)cc3)n2)ccc1O. The van der Waals surface area contributed by atoms with E-state index < -0.39 is 0 Å². The highest BCUT2D eigenvalue weighted by Gasteiger charge is 2.09. The molecule has 1 aromatic heterocycles. The van der Waals surface area contributed by atoms with Crippen LogP contribution in [0.3, 0.4) is 0 Å². The number of methoxy groups -OCH3 is 1. The predicted octanol–water partition coefficient (Wildman–Crippen LogP) is 5.62. The first kappa shape index (κ1) is 20.4. The maximum Gasteiger partial charge on any atom is 0.244 e. The summed E-state index contributed by atoms with van der Waals surface area (Å²) in [6.07, 6.45) is 1.60. The molecular weight excluding hydrogens is 412 g/mol. The number of hydrogen-bond donors (Lipinski definition) is 2. The van der Waals surface area contributed by atoms with Crippen molar-refractivity contribution in [3.05, 3.63) is 89.4 Å². The van der Waals surface area contributed by atoms with Crippen LogP contribution >= 0.6 is 11.6 Å². The van der Waals surface area contributed by atoms with Gasteiger partial charge in [0.15, 0.2) is 11.5 Å². The van der Waals surface area contributed by atoms with E-state index in [1.807, 2.05) is 60.7 Å². The van der Waals surface area contributed by atoms with Gasteiger partial charge >= 0.3 is 0 Å². The lowest BCUT2D eigenvalue weighted by Crippen LogP contribution is -2.00. The van der Waals surface area contributed by atoms with Gasteiger partial charge in [-0.25, -0.2) is 15.4 Å². The van der Waals surface area contributed by atoms with Crippen molar-refractivity contribution in [1.82, 2.24) is 9.97 Å². The quantitative estimate of drug-likeness (QED) is 0.306. The summed E-state index contributed by atoms with van der Waals surface area (Å²) in [5.41, 5.74) is 7.04. The summed E-state index contributed by atoms with van der Waals surface area (Å²) in [4.78, 5) is 9.19. The van der Waals surface area contributed by atoms with Crippen LogP contribution in [0.1, 0.15) is 5.56 Å². The molecule has 0 fully saturated rings. The van der Waals surface area contributed by atoms with E-state index in [0.717, 1.165) is 28.1 Å². The third-order valence-electron chi connectivity index (χ3n) is 4.52. The number of benzene rings is 3. The van der Waals surface area contributed by atoms with Crippen LogP contribution in [0.5, 0.6) is 11.5 Å². The van der Waals surface area contributed by atoms with Crippen molar-refractivity contribution >= 4 is 23.8 Å². The predicted molar refractivity (Wildman–Crippen MR) is 124 cm³/mol. The van der Waals surface area contributed by atoms with Crippen molar-refractivity contribution in [2.45, 2.75) is 0 Å². The van der Waals surface area contributed by atoms with E-state index in [1.54, 1.807) is 24.4 Å². The van der Waals surface area contributed by atoms with Crippen LogP contribution in [0, 0.1) is 0 Å². The minimum atomic E-state index is 0.0686. The molecule has 0 radical (unpaired) electrons. The highest BCUT2D eigenvalue weighted by Crippen LogP contribution is 2.27. The molecule has 4 rings (SSSR count). The summed E-state index contributed by atoms with van der Waals surface area (Å²) in [5.74, 6) is 0.795. The Labute approximate surface area is 184 Å². The van der Waals surface area contributed by atoms with E-state index in [-0.39, 0.29) is 5.75 Å². The zero-order valence-electron chi connectivity index (χ0n) is 16.7. The fraction of sp³-hybridized carbons (Fsp3) is 0.0417. The van der Waals surface area contributed by atoms with Gasteiger partial charge in [0.1, 0.15) is 0 Å². The number of aromatic hydroxyl groups is 1. The summed E-state index contributed by atoms with van der Waals surface area (Å²) >= 11 is 6.03. The van der Waals surface area contributed by atoms with Gasteiger partial charge in [-0.3, -0.25) is 0 Å². The normalized spacial score (nSPS) is 10.9. The molecule has 0 saturated heterocycles. The fourth-order valence-electron chi connectivity index (χ4n) is 2.96. The van der Waals surface area contributed by atoms with Gasteiger partial charge in [-0.2, -0.15) is 5.10 Å². The van der Waals surface area contributed by atoms with Gasteiger partial charge < -0.3 is 9.84 Å². The number of rotatable bonds is 6. The van der Waals surface area contributed by atoms with Crippen molar-refractivity contribution in [3.8, 4) is 34.0 Å². The molecule has 2 N–H and O–H groups in total. The van der Waals surface area contributed by atoms with Crippen molar-refractivity contribution in [2.24, 2.45) is 5.10 Å². The summed E-state index contributed by atoms with van der Waals surface area (Å²) in [5, 5.41) is 14.6. The highest BCUT2D eigenvalue weighted by molar-refractivity contribution is 6.30. The molecule has 0 aliphatic heterocycles. The van der Waals surface area contributed by atoms with Crippen LogP contribution in [0.2, 0.25) is 5.02 Å². The van der Waals surface area contributed by atoms with Gasteiger partial charge in [0.2, 0.25) is 5.95 Å². The Morgan fingerprint density at radius 2 is 1.58 bits per heavy atom. The molecule has 6 nitrogen and oxygen atoms in total. The van der Waals surface area contributed by atoms with E-state index >= 15 is 0 Å². The van der Waals surface area contributed by atoms with E-state index in [2.05, 4.69) is 20.5 Å². The summed E-state index contributed by atoms with van der Waals surface area (Å²) in [6, 6.07) is 24.2. The Morgan fingerprint density at radius 3 is 2.26 bits per heavy atom. The van der Waals surface area contributed by atoms with E-state index in [1.165, 1.54) is 7.11 Å². The van der Waals surface area contributed by atoms with Crippen LogP contribution in [-0.4, -0.2) is 28.4 Å². The second-order valence-corrected chi connectivity index (χ2v) is 7.07. The molecule has 1 heterocycles. The smallest absolute Gasteiger partial charge is 0.244 e. The zero-order chi connectivity index (χ0) is 21.6. The minimum Gasteiger partial charge on any atom is -0.504 e. The van der Waals surface area contributed by atoms with Crippen molar-refractivity contribution in [2.75, 3.05) is 12.5 Å². The van der Waals surface area contributed by atoms with Gasteiger partial charge in [0.25, 0.3) is 0 Å². The van der Waals surface area contributed by atoms with Gasteiger partial charge in [-0.05, 0) is 42.0 Å². The van der Waals surface area contributed by atoms with Crippen molar-refractivity contribution in [1.29, 1.82) is 0 Å². The van der Waals surface area contributed by atoms with E-state index in [4.69, 9.17) is 16.3 Å². The topological polar surface area (TPSA) is 79.6 Å². The molecule has 0 unspecified atom stereocenters. The maximum atomic E-state index is 9.72. The zero-order valence-corrected chi connectivity index (χ0v) is 17.4. The minimum absolute atomic E-state index is 0.0686. The van der Waals surface area contributed by atoms with E-state index in [0.29, 0.717) is 16.7 Å². The number of nitrogens with one attached hydrogen (secondary N) is 1. The molecular formula is C24H19ClN4O2. The monoisotopic (exact) mass is 430 g/mol. The number of ether oxygens (including phenoxy) is 1.